The van der Waals surface area contributed by atoms with E-state index < -0.39 is 5.91 Å². The lowest BCUT2D eigenvalue weighted by atomic mass is 9.94. The van der Waals surface area contributed by atoms with Gasteiger partial charge >= 0.3 is 0 Å². The van der Waals surface area contributed by atoms with Crippen LogP contribution in [0.5, 0.6) is 0 Å². The molecule has 1 aromatic rings. The van der Waals surface area contributed by atoms with Gasteiger partial charge in [0.05, 0.1) is 12.7 Å². The second-order valence-electron chi connectivity index (χ2n) is 4.35. The van der Waals surface area contributed by atoms with Gasteiger partial charge in [-0.25, -0.2) is 0 Å². The minimum absolute atomic E-state index is 0.00168. The monoisotopic (exact) mass is 246 g/mol. The Morgan fingerprint density at radius 1 is 1.61 bits per heavy atom. The van der Waals surface area contributed by atoms with E-state index in [0.717, 1.165) is 17.7 Å². The van der Waals surface area contributed by atoms with E-state index in [1.165, 1.54) is 0 Å². The van der Waals surface area contributed by atoms with Crippen molar-refractivity contribution in [3.63, 3.8) is 0 Å². The highest BCUT2D eigenvalue weighted by atomic mass is 16.5. The fourth-order valence-corrected chi connectivity index (χ4v) is 2.10. The van der Waals surface area contributed by atoms with E-state index in [1.54, 1.807) is 6.20 Å². The van der Waals surface area contributed by atoms with Gasteiger partial charge in [-0.2, -0.15) is 0 Å². The first-order valence-corrected chi connectivity index (χ1v) is 5.84. The summed E-state index contributed by atoms with van der Waals surface area (Å²) < 4.78 is 5.67. The molecule has 0 N–H and O–H groups in total. The van der Waals surface area contributed by atoms with E-state index in [-0.39, 0.29) is 12.0 Å². The first kappa shape index (κ1) is 12.5. The predicted octanol–water partition coefficient (Wildman–Crippen LogP) is 2.69. The molecule has 0 radical (unpaired) electrons. The second kappa shape index (κ2) is 5.62. The van der Waals surface area contributed by atoms with Crippen molar-refractivity contribution in [1.29, 1.82) is 0 Å². The molecule has 2 heterocycles. The van der Waals surface area contributed by atoms with Gasteiger partial charge in [-0.3, -0.25) is 9.78 Å². The van der Waals surface area contributed by atoms with E-state index in [0.29, 0.717) is 13.0 Å². The van der Waals surface area contributed by atoms with E-state index >= 15 is 0 Å². The molecule has 2 rings (SSSR count). The SMILES string of the molecule is Cc1cc(C2CCC(C(=O)N=[N+]=[N-])CO2)ccn1. The Bertz CT molecular complexity index is 489. The lowest BCUT2D eigenvalue weighted by Gasteiger charge is -2.27. The summed E-state index contributed by atoms with van der Waals surface area (Å²) in [5.74, 6) is -0.734. The number of hydrogen-bond acceptors (Lipinski definition) is 3. The molecule has 0 spiro atoms. The number of azide groups is 1. The Balaban J connectivity index is 1.98. The van der Waals surface area contributed by atoms with Crippen LogP contribution in [0.25, 0.3) is 10.4 Å². The number of ether oxygens (including phenoxy) is 1. The van der Waals surface area contributed by atoms with Crippen LogP contribution < -0.4 is 0 Å². The van der Waals surface area contributed by atoms with Gasteiger partial charge in [-0.15, -0.1) is 0 Å². The molecule has 6 heteroatoms. The lowest BCUT2D eigenvalue weighted by Crippen LogP contribution is -2.26. The minimum atomic E-state index is -0.429. The lowest BCUT2D eigenvalue weighted by molar-refractivity contribution is -0.128. The van der Waals surface area contributed by atoms with Crippen LogP contribution in [0.2, 0.25) is 0 Å². The van der Waals surface area contributed by atoms with Crippen molar-refractivity contribution in [3.05, 3.63) is 40.0 Å². The molecule has 1 aliphatic rings. The number of carbonyl (C=O) groups excluding carboxylic acids is 1. The van der Waals surface area contributed by atoms with Crippen LogP contribution in [0.4, 0.5) is 0 Å². The van der Waals surface area contributed by atoms with Crippen molar-refractivity contribution >= 4 is 5.91 Å². The number of aryl methyl sites for hydroxylation is 1. The van der Waals surface area contributed by atoms with Crippen LogP contribution in [0, 0.1) is 12.8 Å². The largest absolute Gasteiger partial charge is 0.373 e. The number of amides is 1. The van der Waals surface area contributed by atoms with Gasteiger partial charge in [0.2, 0.25) is 5.91 Å². The van der Waals surface area contributed by atoms with Crippen LogP contribution in [0.15, 0.2) is 23.4 Å². The molecule has 18 heavy (non-hydrogen) atoms. The average molecular weight is 246 g/mol. The van der Waals surface area contributed by atoms with Crippen molar-refractivity contribution in [2.24, 2.45) is 11.0 Å². The first-order chi connectivity index (χ1) is 8.70. The summed E-state index contributed by atoms with van der Waals surface area (Å²) in [4.78, 5) is 18.0. The molecule has 0 bridgehead atoms. The minimum Gasteiger partial charge on any atom is -0.373 e. The zero-order valence-corrected chi connectivity index (χ0v) is 10.1. The van der Waals surface area contributed by atoms with Crippen LogP contribution in [-0.4, -0.2) is 17.5 Å². The molecule has 1 amide bonds. The summed E-state index contributed by atoms with van der Waals surface area (Å²) in [7, 11) is 0. The van der Waals surface area contributed by atoms with Crippen LogP contribution in [0.3, 0.4) is 0 Å². The fourth-order valence-electron chi connectivity index (χ4n) is 2.10. The van der Waals surface area contributed by atoms with E-state index in [2.05, 4.69) is 15.0 Å². The number of rotatable bonds is 2. The third kappa shape index (κ3) is 2.85. The average Bonchev–Trinajstić information content (AvgIpc) is 2.39. The normalized spacial score (nSPS) is 23.2. The summed E-state index contributed by atoms with van der Waals surface area (Å²) in [5.41, 5.74) is 10.2. The summed E-state index contributed by atoms with van der Waals surface area (Å²) in [6.07, 6.45) is 3.19. The van der Waals surface area contributed by atoms with Crippen LogP contribution >= 0.6 is 0 Å². The Hall–Kier alpha value is -1.91. The molecule has 1 saturated heterocycles. The number of nitrogens with zero attached hydrogens (tertiary/aromatic N) is 4. The van der Waals surface area contributed by atoms with Gasteiger partial charge in [0.25, 0.3) is 0 Å². The maximum absolute atomic E-state index is 11.4. The van der Waals surface area contributed by atoms with Crippen LogP contribution in [-0.2, 0) is 9.53 Å². The summed E-state index contributed by atoms with van der Waals surface area (Å²) in [6.45, 7) is 2.24. The van der Waals surface area contributed by atoms with Gasteiger partial charge < -0.3 is 4.74 Å². The maximum atomic E-state index is 11.4. The Kier molecular flexibility index (Phi) is 3.92. The highest BCUT2D eigenvalue weighted by Crippen LogP contribution is 2.31. The van der Waals surface area contributed by atoms with E-state index in [4.69, 9.17) is 10.3 Å². The highest BCUT2D eigenvalue weighted by Gasteiger charge is 2.27. The highest BCUT2D eigenvalue weighted by molar-refractivity contribution is 5.79. The first-order valence-electron chi connectivity index (χ1n) is 5.84. The number of carbonyl (C=O) groups is 1. The standard InChI is InChI=1S/C12H14N4O2/c1-8-6-9(4-5-14-8)11-3-2-10(7-18-11)12(17)15-16-13/h4-6,10-11H,2-3,7H2,1H3. The Labute approximate surface area is 105 Å². The maximum Gasteiger partial charge on any atom is 0.224 e. The van der Waals surface area contributed by atoms with E-state index in [9.17, 15) is 4.79 Å². The third-order valence-corrected chi connectivity index (χ3v) is 3.06. The van der Waals surface area contributed by atoms with Crippen molar-refractivity contribution in [3.8, 4) is 0 Å². The van der Waals surface area contributed by atoms with Crippen LogP contribution in [0.1, 0.15) is 30.2 Å². The summed E-state index contributed by atoms with van der Waals surface area (Å²) in [5, 5.41) is 3.11. The van der Waals surface area contributed by atoms with Gasteiger partial charge in [0, 0.05) is 22.7 Å². The molecule has 0 aliphatic carbocycles. The molecule has 0 aromatic carbocycles. The van der Waals surface area contributed by atoms with Crippen molar-refractivity contribution in [1.82, 2.24) is 4.98 Å². The molecule has 94 valence electrons. The topological polar surface area (TPSA) is 88.0 Å². The third-order valence-electron chi connectivity index (χ3n) is 3.06. The summed E-state index contributed by atoms with van der Waals surface area (Å²) >= 11 is 0. The van der Waals surface area contributed by atoms with Crippen molar-refractivity contribution < 1.29 is 9.53 Å². The zero-order chi connectivity index (χ0) is 13.0. The molecule has 2 unspecified atom stereocenters. The fraction of sp³-hybridized carbons (Fsp3) is 0.500. The van der Waals surface area contributed by atoms with Gasteiger partial charge in [-0.05, 0) is 48.1 Å². The number of hydrogen-bond donors (Lipinski definition) is 0. The Morgan fingerprint density at radius 2 is 2.44 bits per heavy atom. The zero-order valence-electron chi connectivity index (χ0n) is 10.1. The predicted molar refractivity (Wildman–Crippen MR) is 64.5 cm³/mol. The van der Waals surface area contributed by atoms with Gasteiger partial charge in [-0.1, -0.05) is 0 Å². The molecule has 1 fully saturated rings. The quantitative estimate of drug-likeness (QED) is 0.456. The smallest absolute Gasteiger partial charge is 0.224 e. The number of pyridine rings is 1. The molecule has 1 aromatic heterocycles. The molecule has 1 aliphatic heterocycles. The molecular formula is C12H14N4O2. The molecule has 0 saturated carbocycles. The van der Waals surface area contributed by atoms with E-state index in [1.807, 2.05) is 19.1 Å². The van der Waals surface area contributed by atoms with Crippen molar-refractivity contribution in [2.45, 2.75) is 25.9 Å². The Morgan fingerprint density at radius 3 is 3.06 bits per heavy atom. The number of aromatic nitrogens is 1. The molecule has 6 nitrogen and oxygen atoms in total. The van der Waals surface area contributed by atoms with Gasteiger partial charge in [0.1, 0.15) is 0 Å². The molecule has 2 atom stereocenters. The van der Waals surface area contributed by atoms with Gasteiger partial charge in [0.15, 0.2) is 0 Å². The summed E-state index contributed by atoms with van der Waals surface area (Å²) in [6, 6.07) is 3.91. The second-order valence-corrected chi connectivity index (χ2v) is 4.35. The van der Waals surface area contributed by atoms with Crippen molar-refractivity contribution in [2.75, 3.05) is 6.61 Å². The molecular weight excluding hydrogens is 232 g/mol.